The van der Waals surface area contributed by atoms with Crippen molar-refractivity contribution in [1.29, 1.82) is 0 Å². The van der Waals surface area contributed by atoms with Gasteiger partial charge in [0.1, 0.15) is 11.6 Å². The summed E-state index contributed by atoms with van der Waals surface area (Å²) < 4.78 is 4.98. The van der Waals surface area contributed by atoms with Crippen molar-refractivity contribution >= 4 is 18.0 Å². The van der Waals surface area contributed by atoms with Gasteiger partial charge in [0, 0.05) is 6.42 Å². The molecule has 0 saturated carbocycles. The van der Waals surface area contributed by atoms with Crippen molar-refractivity contribution in [3.8, 4) is 0 Å². The van der Waals surface area contributed by atoms with Crippen LogP contribution >= 0.6 is 0 Å². The van der Waals surface area contributed by atoms with Gasteiger partial charge in [-0.05, 0) is 27.2 Å². The van der Waals surface area contributed by atoms with Crippen LogP contribution in [-0.4, -0.2) is 39.9 Å². The first-order chi connectivity index (χ1) is 7.61. The molecule has 0 bridgehead atoms. The third-order valence-electron chi connectivity index (χ3n) is 1.64. The molecule has 0 radical (unpaired) electrons. The zero-order valence-electron chi connectivity index (χ0n) is 10.0. The van der Waals surface area contributed by atoms with Crippen LogP contribution in [0.25, 0.3) is 0 Å². The number of carbonyl (C=O) groups excluding carboxylic acids is 1. The van der Waals surface area contributed by atoms with Gasteiger partial charge in [0.15, 0.2) is 0 Å². The fraction of sp³-hybridized carbons (Fsp3) is 0.700. The van der Waals surface area contributed by atoms with Gasteiger partial charge in [-0.3, -0.25) is 4.79 Å². The molecule has 1 amide bonds. The number of carboxylic acid groups (broad SMARTS) is 2. The van der Waals surface area contributed by atoms with Gasteiger partial charge < -0.3 is 20.3 Å². The standard InChI is InChI=1S/C10H17NO6/c1-10(2,3)17-8(14)6(11-9(15)16)4-5-7(12)13/h6,11H,4-5H2,1-3H3,(H,12,13)(H,15,16)/t6-/m0/s1. The molecule has 0 unspecified atom stereocenters. The highest BCUT2D eigenvalue weighted by atomic mass is 16.6. The summed E-state index contributed by atoms with van der Waals surface area (Å²) in [6.07, 6.45) is -1.85. The lowest BCUT2D eigenvalue weighted by molar-refractivity contribution is -0.157. The predicted octanol–water partition coefficient (Wildman–Crippen LogP) is 0.829. The number of esters is 1. The second-order valence-electron chi connectivity index (χ2n) is 4.47. The summed E-state index contributed by atoms with van der Waals surface area (Å²) in [7, 11) is 0. The van der Waals surface area contributed by atoms with Gasteiger partial charge in [-0.2, -0.15) is 0 Å². The maximum atomic E-state index is 11.6. The number of rotatable bonds is 5. The van der Waals surface area contributed by atoms with Crippen LogP contribution in [0.4, 0.5) is 4.79 Å². The van der Waals surface area contributed by atoms with E-state index in [-0.39, 0.29) is 12.8 Å². The fourth-order valence-electron chi connectivity index (χ4n) is 1.04. The van der Waals surface area contributed by atoms with E-state index in [4.69, 9.17) is 14.9 Å². The van der Waals surface area contributed by atoms with E-state index >= 15 is 0 Å². The van der Waals surface area contributed by atoms with Crippen molar-refractivity contribution in [2.45, 2.75) is 45.3 Å². The lowest BCUT2D eigenvalue weighted by Gasteiger charge is -2.23. The third kappa shape index (κ3) is 8.06. The van der Waals surface area contributed by atoms with E-state index in [9.17, 15) is 14.4 Å². The van der Waals surface area contributed by atoms with E-state index in [1.165, 1.54) is 0 Å². The Labute approximate surface area is 98.8 Å². The van der Waals surface area contributed by atoms with E-state index in [1.54, 1.807) is 20.8 Å². The van der Waals surface area contributed by atoms with Crippen LogP contribution in [-0.2, 0) is 14.3 Å². The van der Waals surface area contributed by atoms with Crippen molar-refractivity contribution in [3.63, 3.8) is 0 Å². The molecule has 0 aromatic carbocycles. The Morgan fingerprint density at radius 1 is 1.24 bits per heavy atom. The number of hydrogen-bond donors (Lipinski definition) is 3. The predicted molar refractivity (Wildman–Crippen MR) is 57.7 cm³/mol. The average Bonchev–Trinajstić information content (AvgIpc) is 2.08. The number of hydrogen-bond acceptors (Lipinski definition) is 4. The minimum Gasteiger partial charge on any atom is -0.481 e. The van der Waals surface area contributed by atoms with E-state index in [2.05, 4.69) is 0 Å². The van der Waals surface area contributed by atoms with Gasteiger partial charge in [0.05, 0.1) is 0 Å². The highest BCUT2D eigenvalue weighted by Gasteiger charge is 2.26. The monoisotopic (exact) mass is 247 g/mol. The molecule has 0 aliphatic rings. The van der Waals surface area contributed by atoms with Gasteiger partial charge >= 0.3 is 18.0 Å². The largest absolute Gasteiger partial charge is 0.481 e. The molecule has 0 saturated heterocycles. The summed E-state index contributed by atoms with van der Waals surface area (Å²) >= 11 is 0. The van der Waals surface area contributed by atoms with E-state index < -0.39 is 29.7 Å². The number of nitrogens with one attached hydrogen (secondary N) is 1. The summed E-state index contributed by atoms with van der Waals surface area (Å²) in [4.78, 5) is 32.4. The Morgan fingerprint density at radius 3 is 2.12 bits per heavy atom. The minimum absolute atomic E-state index is 0.142. The molecule has 7 heteroatoms. The third-order valence-corrected chi connectivity index (χ3v) is 1.64. The van der Waals surface area contributed by atoms with E-state index in [0.29, 0.717) is 0 Å². The molecule has 0 aliphatic heterocycles. The van der Waals surface area contributed by atoms with Gasteiger partial charge in [-0.15, -0.1) is 0 Å². The maximum absolute atomic E-state index is 11.6. The van der Waals surface area contributed by atoms with Crippen molar-refractivity contribution in [1.82, 2.24) is 5.32 Å². The molecule has 7 nitrogen and oxygen atoms in total. The van der Waals surface area contributed by atoms with Crippen molar-refractivity contribution in [2.24, 2.45) is 0 Å². The highest BCUT2D eigenvalue weighted by molar-refractivity contribution is 5.81. The molecule has 0 aliphatic carbocycles. The summed E-state index contributed by atoms with van der Waals surface area (Å²) in [5.41, 5.74) is -0.751. The van der Waals surface area contributed by atoms with Gasteiger partial charge in [0.2, 0.25) is 0 Å². The van der Waals surface area contributed by atoms with Crippen LogP contribution in [0.2, 0.25) is 0 Å². The molecule has 98 valence electrons. The molecule has 0 spiro atoms. The van der Waals surface area contributed by atoms with Crippen molar-refractivity contribution < 1.29 is 29.3 Å². The van der Waals surface area contributed by atoms with E-state index in [0.717, 1.165) is 0 Å². The second kappa shape index (κ2) is 6.07. The molecule has 17 heavy (non-hydrogen) atoms. The number of carbonyl (C=O) groups is 3. The Balaban J connectivity index is 4.50. The van der Waals surface area contributed by atoms with E-state index in [1.807, 2.05) is 5.32 Å². The van der Waals surface area contributed by atoms with Crippen LogP contribution < -0.4 is 5.32 Å². The summed E-state index contributed by atoms with van der Waals surface area (Å²) in [6.45, 7) is 4.92. The molecule has 1 atom stereocenters. The SMILES string of the molecule is CC(C)(C)OC(=O)[C@H](CCC(=O)O)NC(=O)O. The lowest BCUT2D eigenvalue weighted by Crippen LogP contribution is -2.43. The summed E-state index contributed by atoms with van der Waals surface area (Å²) in [6, 6.07) is -1.16. The highest BCUT2D eigenvalue weighted by Crippen LogP contribution is 2.10. The molecule has 3 N–H and O–H groups in total. The number of carboxylic acids is 1. The van der Waals surface area contributed by atoms with Crippen LogP contribution in [0.3, 0.4) is 0 Å². The first kappa shape index (κ1) is 15.2. The molecular weight excluding hydrogens is 230 g/mol. The van der Waals surface area contributed by atoms with Crippen molar-refractivity contribution in [3.05, 3.63) is 0 Å². The number of ether oxygens (including phenoxy) is 1. The van der Waals surface area contributed by atoms with Gasteiger partial charge in [-0.25, -0.2) is 9.59 Å². The Hall–Kier alpha value is -1.79. The Bertz CT molecular complexity index is 306. The zero-order valence-corrected chi connectivity index (χ0v) is 10.0. The smallest absolute Gasteiger partial charge is 0.405 e. The fourth-order valence-corrected chi connectivity index (χ4v) is 1.04. The lowest BCUT2D eigenvalue weighted by atomic mass is 10.1. The average molecular weight is 247 g/mol. The molecular formula is C10H17NO6. The van der Waals surface area contributed by atoms with Crippen LogP contribution in [0.1, 0.15) is 33.6 Å². The van der Waals surface area contributed by atoms with Crippen LogP contribution in [0.5, 0.6) is 0 Å². The topological polar surface area (TPSA) is 113 Å². The maximum Gasteiger partial charge on any atom is 0.405 e. The van der Waals surface area contributed by atoms with Gasteiger partial charge in [0.25, 0.3) is 0 Å². The molecule has 0 rings (SSSR count). The second-order valence-corrected chi connectivity index (χ2v) is 4.47. The van der Waals surface area contributed by atoms with Crippen molar-refractivity contribution in [2.75, 3.05) is 0 Å². The molecule has 0 heterocycles. The van der Waals surface area contributed by atoms with Crippen LogP contribution in [0.15, 0.2) is 0 Å². The summed E-state index contributed by atoms with van der Waals surface area (Å²) in [5, 5.41) is 18.9. The Kier molecular flexibility index (Phi) is 5.43. The molecule has 0 aromatic heterocycles. The van der Waals surface area contributed by atoms with Crippen LogP contribution in [0, 0.1) is 0 Å². The molecule has 0 fully saturated rings. The first-order valence-electron chi connectivity index (χ1n) is 5.06. The minimum atomic E-state index is -1.40. The number of amides is 1. The van der Waals surface area contributed by atoms with Gasteiger partial charge in [-0.1, -0.05) is 0 Å². The molecule has 0 aromatic rings. The Morgan fingerprint density at radius 2 is 1.76 bits per heavy atom. The quantitative estimate of drug-likeness (QED) is 0.620. The normalized spacial score (nSPS) is 12.6. The summed E-state index contributed by atoms with van der Waals surface area (Å²) in [5.74, 6) is -1.88. The first-order valence-corrected chi connectivity index (χ1v) is 5.06. The zero-order chi connectivity index (χ0) is 13.6. The number of aliphatic carboxylic acids is 1.